The van der Waals surface area contributed by atoms with Crippen molar-refractivity contribution in [1.29, 1.82) is 0 Å². The van der Waals surface area contributed by atoms with Gasteiger partial charge in [0.25, 0.3) is 0 Å². The average Bonchev–Trinajstić information content (AvgIpc) is 2.80. The number of hydrogen-bond donors (Lipinski definition) is 2. The molecule has 0 saturated carbocycles. The molecule has 0 aromatic carbocycles. The highest BCUT2D eigenvalue weighted by molar-refractivity contribution is 6.82. The highest BCUT2D eigenvalue weighted by Crippen LogP contribution is 2.16. The molecule has 0 aliphatic rings. The first-order chi connectivity index (χ1) is 13.6. The van der Waals surface area contributed by atoms with Crippen molar-refractivity contribution in [2.75, 3.05) is 56.9 Å². The minimum Gasteiger partial charge on any atom is -0.386 e. The van der Waals surface area contributed by atoms with E-state index in [0.717, 1.165) is 18.1 Å². The second kappa shape index (κ2) is 15.3. The minimum absolute atomic E-state index is 0.801. The lowest BCUT2D eigenvalue weighted by Crippen LogP contribution is -2.69. The van der Waals surface area contributed by atoms with Crippen LogP contribution in [0.4, 0.5) is 0 Å². The molecule has 0 radical (unpaired) electrons. The van der Waals surface area contributed by atoms with Gasteiger partial charge in [-0.3, -0.25) is 9.30 Å². The summed E-state index contributed by atoms with van der Waals surface area (Å²) < 4.78 is 50.0. The normalized spacial score (nSPS) is 13.2. The van der Waals surface area contributed by atoms with Crippen LogP contribution >= 0.6 is 0 Å². The van der Waals surface area contributed by atoms with Crippen molar-refractivity contribution >= 4 is 34.9 Å². The lowest BCUT2D eigenvalue weighted by atomic mass is 11.0. The van der Waals surface area contributed by atoms with Gasteiger partial charge in [-0.1, -0.05) is 20.8 Å². The van der Waals surface area contributed by atoms with Crippen LogP contribution in [0.3, 0.4) is 0 Å². The Morgan fingerprint density at radius 2 is 0.690 bits per heavy atom. The zero-order valence-corrected chi connectivity index (χ0v) is 24.4. The Balaban J connectivity index is 0. The molecule has 178 valence electrons. The van der Waals surface area contributed by atoms with Gasteiger partial charge >= 0.3 is 34.9 Å². The molecule has 0 saturated heterocycles. The fourth-order valence-electron chi connectivity index (χ4n) is 2.51. The lowest BCUT2D eigenvalue weighted by molar-refractivity contribution is 0.201. The lowest BCUT2D eigenvalue weighted by Gasteiger charge is -2.35. The maximum atomic E-state index is 5.48. The fourth-order valence-corrected chi connectivity index (χ4v) is 15.4. The highest BCUT2D eigenvalue weighted by atomic mass is 28.5. The van der Waals surface area contributed by atoms with Crippen molar-refractivity contribution in [2.24, 2.45) is 0 Å². The summed E-state index contributed by atoms with van der Waals surface area (Å²) in [5.41, 5.74) is 0. The Morgan fingerprint density at radius 3 is 0.862 bits per heavy atom. The predicted octanol–water partition coefficient (Wildman–Crippen LogP) is 1.77. The number of nitrogens with one attached hydrogen (secondary N) is 2. The topological polar surface area (TPSA) is 97.9 Å². The molecule has 0 aliphatic carbocycles. The van der Waals surface area contributed by atoms with E-state index < -0.39 is 34.9 Å². The van der Waals surface area contributed by atoms with Gasteiger partial charge in [-0.05, 0) is 6.55 Å². The third kappa shape index (κ3) is 9.65. The first kappa shape index (κ1) is 31.7. The van der Waals surface area contributed by atoms with Crippen molar-refractivity contribution < 1.29 is 35.4 Å². The first-order valence-electron chi connectivity index (χ1n) is 9.58. The van der Waals surface area contributed by atoms with E-state index in [2.05, 4.69) is 9.30 Å². The van der Waals surface area contributed by atoms with Crippen LogP contribution in [0, 0.1) is 0 Å². The van der Waals surface area contributed by atoms with Gasteiger partial charge < -0.3 is 35.4 Å². The molecule has 0 aromatic rings. The molecule has 14 heteroatoms. The zero-order chi connectivity index (χ0) is 23.2. The summed E-state index contributed by atoms with van der Waals surface area (Å²) in [6.07, 6.45) is 0. The summed E-state index contributed by atoms with van der Waals surface area (Å²) in [5.74, 6) is 0. The molecule has 0 aromatic heterocycles. The summed E-state index contributed by atoms with van der Waals surface area (Å²) in [5, 5.41) is 0. The van der Waals surface area contributed by atoms with Crippen LogP contribution in [0.15, 0.2) is 0 Å². The van der Waals surface area contributed by atoms with E-state index >= 15 is 0 Å². The standard InChI is InChI=1S/C8H23NO4Si2.C7H21NO4Si2/c1-7-14(10-3,11-4)9-15(8-2,12-5)13-6;1-7-14(11-4,12-5)8-13(6,9-2)10-3/h9H,7-8H2,1-6H3;8H,7H2,1-6H3. The van der Waals surface area contributed by atoms with Gasteiger partial charge in [0.2, 0.25) is 0 Å². The van der Waals surface area contributed by atoms with Crippen LogP contribution in [-0.2, 0) is 35.4 Å². The molecule has 0 heterocycles. The second-order valence-electron chi connectivity index (χ2n) is 6.15. The zero-order valence-electron chi connectivity index (χ0n) is 20.4. The van der Waals surface area contributed by atoms with Gasteiger partial charge in [-0.25, -0.2) is 0 Å². The van der Waals surface area contributed by atoms with Gasteiger partial charge in [0.1, 0.15) is 0 Å². The largest absolute Gasteiger partial charge is 0.421 e. The summed E-state index contributed by atoms with van der Waals surface area (Å²) in [4.78, 5) is 0. The van der Waals surface area contributed by atoms with Crippen LogP contribution in [0.2, 0.25) is 24.7 Å². The van der Waals surface area contributed by atoms with Gasteiger partial charge in [0, 0.05) is 75.0 Å². The molecule has 29 heavy (non-hydrogen) atoms. The van der Waals surface area contributed by atoms with Gasteiger partial charge in [-0.2, -0.15) is 0 Å². The van der Waals surface area contributed by atoms with Crippen molar-refractivity contribution in [3.8, 4) is 0 Å². The third-order valence-corrected chi connectivity index (χ3v) is 19.6. The van der Waals surface area contributed by atoms with Gasteiger partial charge in [0.05, 0.1) is 0 Å². The van der Waals surface area contributed by atoms with E-state index in [4.69, 9.17) is 35.4 Å². The average molecular weight is 493 g/mol. The van der Waals surface area contributed by atoms with E-state index in [1.807, 2.05) is 27.3 Å². The van der Waals surface area contributed by atoms with E-state index in [-0.39, 0.29) is 0 Å². The molecule has 0 atom stereocenters. The summed E-state index contributed by atoms with van der Waals surface area (Å²) in [6, 6.07) is 2.41. The summed E-state index contributed by atoms with van der Waals surface area (Å²) in [7, 11) is 3.81. The molecule has 0 spiro atoms. The molecule has 2 N–H and O–H groups in total. The maximum Gasteiger partial charge on any atom is 0.421 e. The maximum absolute atomic E-state index is 5.48. The number of rotatable bonds is 15. The van der Waals surface area contributed by atoms with E-state index in [1.165, 1.54) is 0 Å². The molecule has 0 amide bonds. The van der Waals surface area contributed by atoms with Crippen LogP contribution in [-0.4, -0.2) is 91.8 Å². The predicted molar refractivity (Wildman–Crippen MR) is 123 cm³/mol. The van der Waals surface area contributed by atoms with Crippen molar-refractivity contribution in [3.63, 3.8) is 0 Å². The Kier molecular flexibility index (Phi) is 16.7. The summed E-state index contributed by atoms with van der Waals surface area (Å²) in [6.45, 7) is 8.01. The van der Waals surface area contributed by atoms with Gasteiger partial charge in [0.15, 0.2) is 0 Å². The summed E-state index contributed by atoms with van der Waals surface area (Å²) >= 11 is 0. The van der Waals surface area contributed by atoms with Crippen LogP contribution in [0.5, 0.6) is 0 Å². The SMILES string of the molecule is CC[Si](N[Si](C)(OC)OC)(OC)OC.CC[Si](N[Si](CC)(OC)OC)(OC)OC. The molecule has 10 nitrogen and oxygen atoms in total. The highest BCUT2D eigenvalue weighted by Gasteiger charge is 2.47. The molecule has 0 unspecified atom stereocenters. The Bertz CT molecular complexity index is 367. The first-order valence-corrected chi connectivity index (χ1v) is 18.0. The van der Waals surface area contributed by atoms with Crippen LogP contribution in [0.1, 0.15) is 20.8 Å². The minimum atomic E-state index is -2.35. The molecule has 0 fully saturated rings. The van der Waals surface area contributed by atoms with E-state index in [9.17, 15) is 0 Å². The fraction of sp³-hybridized carbons (Fsp3) is 1.00. The Labute approximate surface area is 182 Å². The smallest absolute Gasteiger partial charge is 0.386 e. The molecule has 0 aliphatic heterocycles. The van der Waals surface area contributed by atoms with Crippen molar-refractivity contribution in [2.45, 2.75) is 45.5 Å². The Morgan fingerprint density at radius 1 is 0.448 bits per heavy atom. The van der Waals surface area contributed by atoms with Crippen molar-refractivity contribution in [3.05, 3.63) is 0 Å². The Hall–Kier alpha value is 0.468. The monoisotopic (exact) mass is 492 g/mol. The van der Waals surface area contributed by atoms with Crippen LogP contribution in [0.25, 0.3) is 0 Å². The molecule has 0 rings (SSSR count). The van der Waals surface area contributed by atoms with Gasteiger partial charge in [-0.15, -0.1) is 0 Å². The molecular weight excluding hydrogens is 449 g/mol. The quantitative estimate of drug-likeness (QED) is 0.329. The van der Waals surface area contributed by atoms with Crippen LogP contribution < -0.4 is 9.30 Å². The second-order valence-corrected chi connectivity index (χ2v) is 19.9. The molecule has 0 bridgehead atoms. The molecular formula is C15H44N2O8Si4. The van der Waals surface area contributed by atoms with Crippen molar-refractivity contribution in [1.82, 2.24) is 9.30 Å². The third-order valence-electron chi connectivity index (χ3n) is 4.95. The van der Waals surface area contributed by atoms with E-state index in [0.29, 0.717) is 0 Å². The van der Waals surface area contributed by atoms with E-state index in [1.54, 1.807) is 56.9 Å². The number of hydrogen-bond acceptors (Lipinski definition) is 10.